The van der Waals surface area contributed by atoms with Crippen molar-refractivity contribution in [1.82, 2.24) is 15.2 Å². The SMILES string of the molecule is CNC(CN(CC=O)C(=O)O)C1CCN(c2cc3ccccc3cn2)CC1. The van der Waals surface area contributed by atoms with E-state index in [0.717, 1.165) is 37.1 Å². The molecule has 7 nitrogen and oxygen atoms in total. The molecule has 0 radical (unpaired) electrons. The zero-order valence-corrected chi connectivity index (χ0v) is 15.5. The molecule has 1 atom stereocenters. The molecule has 1 aromatic heterocycles. The molecule has 7 heteroatoms. The summed E-state index contributed by atoms with van der Waals surface area (Å²) in [7, 11) is 1.85. The molecule has 144 valence electrons. The van der Waals surface area contributed by atoms with Crippen molar-refractivity contribution in [2.75, 3.05) is 38.1 Å². The van der Waals surface area contributed by atoms with Crippen molar-refractivity contribution in [2.45, 2.75) is 18.9 Å². The second-order valence-electron chi connectivity index (χ2n) is 6.96. The molecule has 3 rings (SSSR count). The Balaban J connectivity index is 1.62. The summed E-state index contributed by atoms with van der Waals surface area (Å²) in [5, 5.41) is 14.8. The van der Waals surface area contributed by atoms with E-state index in [9.17, 15) is 14.7 Å². The normalized spacial score (nSPS) is 16.3. The first-order valence-corrected chi connectivity index (χ1v) is 9.31. The monoisotopic (exact) mass is 370 g/mol. The van der Waals surface area contributed by atoms with Crippen molar-refractivity contribution in [3.8, 4) is 0 Å². The number of benzene rings is 1. The van der Waals surface area contributed by atoms with Crippen LogP contribution in [0.25, 0.3) is 10.8 Å². The number of piperidine rings is 1. The van der Waals surface area contributed by atoms with E-state index >= 15 is 0 Å². The standard InChI is InChI=1S/C20H26N4O3/c1-21-18(14-24(10-11-25)20(26)27)15-6-8-23(9-7-15)19-12-16-4-2-3-5-17(16)13-22-19/h2-5,11-13,15,18,21H,6-10,14H2,1H3,(H,26,27). The van der Waals surface area contributed by atoms with E-state index in [1.165, 1.54) is 10.3 Å². The molecule has 1 aliphatic heterocycles. The predicted octanol–water partition coefficient (Wildman–Crippen LogP) is 2.22. The van der Waals surface area contributed by atoms with Crippen LogP contribution in [0.1, 0.15) is 12.8 Å². The van der Waals surface area contributed by atoms with Crippen molar-refractivity contribution in [3.63, 3.8) is 0 Å². The summed E-state index contributed by atoms with van der Waals surface area (Å²) in [6.45, 7) is 2.00. The summed E-state index contributed by atoms with van der Waals surface area (Å²) in [5.41, 5.74) is 0. The van der Waals surface area contributed by atoms with Crippen LogP contribution in [0, 0.1) is 5.92 Å². The third kappa shape index (κ3) is 4.54. The number of carbonyl (C=O) groups is 2. The Morgan fingerprint density at radius 2 is 2.07 bits per heavy atom. The van der Waals surface area contributed by atoms with Gasteiger partial charge in [-0.15, -0.1) is 0 Å². The molecule has 0 aliphatic carbocycles. The molecule has 2 heterocycles. The summed E-state index contributed by atoms with van der Waals surface area (Å²) in [6, 6.07) is 10.4. The summed E-state index contributed by atoms with van der Waals surface area (Å²) in [6.07, 6.45) is 3.40. The van der Waals surface area contributed by atoms with Gasteiger partial charge >= 0.3 is 6.09 Å². The minimum Gasteiger partial charge on any atom is -0.465 e. The van der Waals surface area contributed by atoms with Crippen LogP contribution in [-0.4, -0.2) is 66.6 Å². The number of pyridine rings is 1. The lowest BCUT2D eigenvalue weighted by Crippen LogP contribution is -2.49. The summed E-state index contributed by atoms with van der Waals surface area (Å²) in [4.78, 5) is 30.1. The molecule has 2 aromatic rings. The van der Waals surface area contributed by atoms with Gasteiger partial charge in [-0.1, -0.05) is 24.3 Å². The highest BCUT2D eigenvalue weighted by molar-refractivity contribution is 5.83. The highest BCUT2D eigenvalue weighted by Crippen LogP contribution is 2.26. The van der Waals surface area contributed by atoms with E-state index in [1.54, 1.807) is 0 Å². The molecule has 1 fully saturated rings. The van der Waals surface area contributed by atoms with Crippen LogP contribution in [-0.2, 0) is 4.79 Å². The number of amides is 1. The van der Waals surface area contributed by atoms with Gasteiger partial charge < -0.3 is 20.1 Å². The fourth-order valence-corrected chi connectivity index (χ4v) is 3.81. The fourth-order valence-electron chi connectivity index (χ4n) is 3.81. The summed E-state index contributed by atoms with van der Waals surface area (Å²) < 4.78 is 0. The van der Waals surface area contributed by atoms with Crippen LogP contribution in [0.15, 0.2) is 36.5 Å². The topological polar surface area (TPSA) is 85.8 Å². The summed E-state index contributed by atoms with van der Waals surface area (Å²) in [5.74, 6) is 1.35. The van der Waals surface area contributed by atoms with E-state index in [4.69, 9.17) is 0 Å². The average Bonchev–Trinajstić information content (AvgIpc) is 2.71. The number of anilines is 1. The Morgan fingerprint density at radius 3 is 2.70 bits per heavy atom. The number of hydrogen-bond donors (Lipinski definition) is 2. The molecule has 2 N–H and O–H groups in total. The van der Waals surface area contributed by atoms with Crippen molar-refractivity contribution >= 4 is 29.0 Å². The molecular formula is C20H26N4O3. The van der Waals surface area contributed by atoms with Gasteiger partial charge in [0.25, 0.3) is 0 Å². The quantitative estimate of drug-likeness (QED) is 0.727. The zero-order valence-electron chi connectivity index (χ0n) is 15.5. The lowest BCUT2D eigenvalue weighted by atomic mass is 9.89. The second-order valence-corrected chi connectivity index (χ2v) is 6.96. The van der Waals surface area contributed by atoms with Crippen molar-refractivity contribution in [3.05, 3.63) is 36.5 Å². The van der Waals surface area contributed by atoms with Gasteiger partial charge in [-0.25, -0.2) is 9.78 Å². The number of aldehydes is 1. The number of likely N-dealkylation sites (N-methyl/N-ethyl adjacent to an activating group) is 1. The molecule has 1 unspecified atom stereocenters. The van der Waals surface area contributed by atoms with Gasteiger partial charge in [-0.2, -0.15) is 0 Å². The minimum atomic E-state index is -1.06. The number of aromatic nitrogens is 1. The number of rotatable bonds is 7. The Labute approximate surface area is 159 Å². The highest BCUT2D eigenvalue weighted by Gasteiger charge is 2.28. The Kier molecular flexibility index (Phi) is 6.24. The van der Waals surface area contributed by atoms with Gasteiger partial charge in [0.15, 0.2) is 0 Å². The second kappa shape index (κ2) is 8.81. The lowest BCUT2D eigenvalue weighted by Gasteiger charge is -2.37. The molecule has 0 bridgehead atoms. The number of carboxylic acid groups (broad SMARTS) is 1. The lowest BCUT2D eigenvalue weighted by molar-refractivity contribution is -0.108. The number of hydrogen-bond acceptors (Lipinski definition) is 5. The molecule has 1 saturated heterocycles. The van der Waals surface area contributed by atoms with Crippen molar-refractivity contribution in [2.24, 2.45) is 5.92 Å². The zero-order chi connectivity index (χ0) is 19.2. The van der Waals surface area contributed by atoms with E-state index in [0.29, 0.717) is 18.7 Å². The molecule has 27 heavy (non-hydrogen) atoms. The maximum Gasteiger partial charge on any atom is 0.407 e. The van der Waals surface area contributed by atoms with E-state index in [2.05, 4.69) is 33.4 Å². The van der Waals surface area contributed by atoms with Crippen LogP contribution in [0.5, 0.6) is 0 Å². The molecule has 0 spiro atoms. The number of nitrogens with zero attached hydrogens (tertiary/aromatic N) is 3. The summed E-state index contributed by atoms with van der Waals surface area (Å²) >= 11 is 0. The van der Waals surface area contributed by atoms with E-state index in [-0.39, 0.29) is 12.6 Å². The van der Waals surface area contributed by atoms with E-state index in [1.807, 2.05) is 25.4 Å². The first-order chi connectivity index (χ1) is 13.1. The van der Waals surface area contributed by atoms with Gasteiger partial charge in [0, 0.05) is 37.3 Å². The number of nitrogens with one attached hydrogen (secondary N) is 1. The number of carbonyl (C=O) groups excluding carboxylic acids is 1. The molecular weight excluding hydrogens is 344 g/mol. The minimum absolute atomic E-state index is 0.0350. The van der Waals surface area contributed by atoms with Crippen molar-refractivity contribution in [1.29, 1.82) is 0 Å². The third-order valence-electron chi connectivity index (χ3n) is 5.40. The Bertz CT molecular complexity index is 790. The molecule has 1 aromatic carbocycles. The van der Waals surface area contributed by atoms with Gasteiger partial charge in [0.2, 0.25) is 0 Å². The van der Waals surface area contributed by atoms with Crippen molar-refractivity contribution < 1.29 is 14.7 Å². The largest absolute Gasteiger partial charge is 0.465 e. The maximum absolute atomic E-state index is 11.3. The molecule has 1 aliphatic rings. The van der Waals surface area contributed by atoms with Crippen LogP contribution in [0.4, 0.5) is 10.6 Å². The first kappa shape index (κ1) is 19.1. The van der Waals surface area contributed by atoms with Gasteiger partial charge in [-0.05, 0) is 37.3 Å². The Morgan fingerprint density at radius 1 is 1.37 bits per heavy atom. The van der Waals surface area contributed by atoms with Gasteiger partial charge in [0.1, 0.15) is 12.1 Å². The van der Waals surface area contributed by atoms with Crippen LogP contribution in [0.3, 0.4) is 0 Å². The smallest absolute Gasteiger partial charge is 0.407 e. The predicted molar refractivity (Wildman–Crippen MR) is 105 cm³/mol. The maximum atomic E-state index is 11.3. The average molecular weight is 370 g/mol. The Hall–Kier alpha value is -2.67. The molecule has 0 saturated carbocycles. The van der Waals surface area contributed by atoms with Crippen LogP contribution >= 0.6 is 0 Å². The number of fused-ring (bicyclic) bond motifs is 1. The van der Waals surface area contributed by atoms with Crippen LogP contribution < -0.4 is 10.2 Å². The van der Waals surface area contributed by atoms with Crippen LogP contribution in [0.2, 0.25) is 0 Å². The van der Waals surface area contributed by atoms with Gasteiger partial charge in [-0.3, -0.25) is 4.90 Å². The first-order valence-electron chi connectivity index (χ1n) is 9.31. The fraction of sp³-hybridized carbons (Fsp3) is 0.450. The van der Waals surface area contributed by atoms with E-state index < -0.39 is 6.09 Å². The van der Waals surface area contributed by atoms with Gasteiger partial charge in [0.05, 0.1) is 6.54 Å². The highest BCUT2D eigenvalue weighted by atomic mass is 16.4. The third-order valence-corrected chi connectivity index (χ3v) is 5.40. The molecule has 1 amide bonds.